The van der Waals surface area contributed by atoms with E-state index in [1.165, 1.54) is 123 Å². The molecule has 0 atom stereocenters. The summed E-state index contributed by atoms with van der Waals surface area (Å²) in [6.07, 6.45) is 11.3. The van der Waals surface area contributed by atoms with Gasteiger partial charge in [0, 0.05) is 44.4 Å². The average molecular weight is 831 g/mol. The molecule has 2 aliphatic carbocycles. The summed E-state index contributed by atoms with van der Waals surface area (Å²) >= 11 is 0. The Kier molecular flexibility index (Phi) is 8.42. The van der Waals surface area contributed by atoms with Crippen molar-refractivity contribution < 1.29 is 0 Å². The van der Waals surface area contributed by atoms with Crippen molar-refractivity contribution in [3.05, 3.63) is 240 Å². The lowest BCUT2D eigenvalue weighted by atomic mass is 9.81. The molecule has 0 bridgehead atoms. The first-order valence-electron chi connectivity index (χ1n) is 23.0. The smallest absolute Gasteiger partial charge is 0.0540 e. The summed E-state index contributed by atoms with van der Waals surface area (Å²) in [5.41, 5.74) is 25.2. The predicted molar refractivity (Wildman–Crippen MR) is 275 cm³/mol. The molecule has 308 valence electrons. The first-order valence-corrected chi connectivity index (χ1v) is 23.0. The summed E-state index contributed by atoms with van der Waals surface area (Å²) in [5, 5.41) is 2.44. The van der Waals surface area contributed by atoms with Crippen LogP contribution in [-0.2, 0) is 5.41 Å². The van der Waals surface area contributed by atoms with Crippen LogP contribution < -0.4 is 9.80 Å². The number of benzene rings is 9. The molecule has 4 aliphatic rings. The van der Waals surface area contributed by atoms with Gasteiger partial charge in [-0.15, -0.1) is 0 Å². The van der Waals surface area contributed by atoms with Gasteiger partial charge < -0.3 is 9.80 Å². The minimum atomic E-state index is -0.184. The minimum Gasteiger partial charge on any atom is -0.313 e. The largest absolute Gasteiger partial charge is 0.313 e. The van der Waals surface area contributed by atoms with Crippen LogP contribution in [0.4, 0.5) is 28.4 Å². The van der Waals surface area contributed by atoms with Crippen molar-refractivity contribution in [3.63, 3.8) is 0 Å². The van der Waals surface area contributed by atoms with Gasteiger partial charge >= 0.3 is 0 Å². The summed E-state index contributed by atoms with van der Waals surface area (Å²) < 4.78 is 0. The van der Waals surface area contributed by atoms with E-state index in [1.807, 2.05) is 0 Å². The van der Waals surface area contributed by atoms with Crippen LogP contribution in [0.3, 0.4) is 0 Å². The topological polar surface area (TPSA) is 6.48 Å². The molecule has 9 aromatic carbocycles. The number of nitrogens with zero attached hydrogens (tertiary/aromatic N) is 2. The quantitative estimate of drug-likeness (QED) is 0.163. The van der Waals surface area contributed by atoms with Gasteiger partial charge in [0.15, 0.2) is 0 Å². The maximum absolute atomic E-state index is 2.56. The number of anilines is 5. The Morgan fingerprint density at radius 3 is 1.62 bits per heavy atom. The molecule has 13 rings (SSSR count). The summed E-state index contributed by atoms with van der Waals surface area (Å²) in [6, 6.07) is 72.1. The van der Waals surface area contributed by atoms with Gasteiger partial charge in [0.25, 0.3) is 0 Å². The van der Waals surface area contributed by atoms with Crippen molar-refractivity contribution in [1.29, 1.82) is 0 Å². The van der Waals surface area contributed by atoms with E-state index in [1.54, 1.807) is 0 Å². The second kappa shape index (κ2) is 14.6. The fourth-order valence-electron chi connectivity index (χ4n) is 11.4. The van der Waals surface area contributed by atoms with Gasteiger partial charge in [-0.05, 0) is 110 Å². The first-order chi connectivity index (χ1) is 32.0. The normalized spacial score (nSPS) is 15.0. The number of para-hydroxylation sites is 3. The third kappa shape index (κ3) is 5.73. The van der Waals surface area contributed by atoms with Crippen LogP contribution in [-0.4, -0.2) is 0 Å². The Morgan fingerprint density at radius 2 is 0.938 bits per heavy atom. The lowest BCUT2D eigenvalue weighted by Crippen LogP contribution is -2.20. The highest BCUT2D eigenvalue weighted by Gasteiger charge is 2.37. The van der Waals surface area contributed by atoms with Crippen molar-refractivity contribution in [3.8, 4) is 44.5 Å². The molecule has 0 amide bonds. The van der Waals surface area contributed by atoms with Crippen LogP contribution in [0, 0.1) is 0 Å². The maximum Gasteiger partial charge on any atom is 0.0540 e. The molecule has 0 aromatic heterocycles. The highest BCUT2D eigenvalue weighted by Crippen LogP contribution is 2.54. The zero-order chi connectivity index (χ0) is 43.2. The summed E-state index contributed by atoms with van der Waals surface area (Å²) in [5.74, 6) is 0. The molecule has 0 N–H and O–H groups in total. The van der Waals surface area contributed by atoms with Crippen molar-refractivity contribution >= 4 is 56.9 Å². The molecule has 0 fully saturated rings. The zero-order valence-electron chi connectivity index (χ0n) is 36.6. The lowest BCUT2D eigenvalue weighted by molar-refractivity contribution is 0.660. The van der Waals surface area contributed by atoms with Gasteiger partial charge in [-0.3, -0.25) is 0 Å². The summed E-state index contributed by atoms with van der Waals surface area (Å²) in [6.45, 7) is 4.80. The Hall–Kier alpha value is -7.94. The molecule has 65 heavy (non-hydrogen) atoms. The van der Waals surface area contributed by atoms with Crippen LogP contribution in [0.5, 0.6) is 0 Å². The van der Waals surface area contributed by atoms with Crippen molar-refractivity contribution in [2.45, 2.75) is 32.1 Å². The Morgan fingerprint density at radius 1 is 0.415 bits per heavy atom. The van der Waals surface area contributed by atoms with Crippen LogP contribution in [0.1, 0.15) is 54.5 Å². The van der Waals surface area contributed by atoms with Gasteiger partial charge in [-0.25, -0.2) is 0 Å². The summed E-state index contributed by atoms with van der Waals surface area (Å²) in [4.78, 5) is 5.03. The van der Waals surface area contributed by atoms with E-state index in [4.69, 9.17) is 0 Å². The van der Waals surface area contributed by atoms with Gasteiger partial charge in [0.2, 0.25) is 0 Å². The number of allylic oxidation sites excluding steroid dienone is 4. The lowest BCUT2D eigenvalue weighted by Gasteiger charge is -2.32. The van der Waals surface area contributed by atoms with E-state index in [-0.39, 0.29) is 5.41 Å². The molecule has 0 spiro atoms. The predicted octanol–water partition coefficient (Wildman–Crippen LogP) is 17.3. The standard InChI is InChI=1S/C63H46N2/c1-63(2)56-39-41(34-37-49(56)50-38-36-43(40-57(50)63)64-58-28-11-7-22-52(58)45-18-3-4-19-46(45)53-23-8-12-29-59(53)64)33-35-42-17-15-27-51-44(42)26-16-32-62(51)65-60-30-13-9-24-54(60)47-20-5-6-21-48(47)55-25-10-14-31-61(55)65/h3-11,13-28,30-40H,12,29H2,1-2H3/b35-33+. The van der Waals surface area contributed by atoms with Crippen LogP contribution in [0.25, 0.3) is 73.0 Å². The van der Waals surface area contributed by atoms with Crippen LogP contribution in [0.2, 0.25) is 0 Å². The van der Waals surface area contributed by atoms with E-state index >= 15 is 0 Å². The van der Waals surface area contributed by atoms with E-state index in [0.717, 1.165) is 12.8 Å². The highest BCUT2D eigenvalue weighted by molar-refractivity contribution is 6.09. The fourth-order valence-corrected chi connectivity index (χ4v) is 11.4. The number of hydrogen-bond acceptors (Lipinski definition) is 2. The molecule has 2 aliphatic heterocycles. The van der Waals surface area contributed by atoms with E-state index in [2.05, 4.69) is 242 Å². The molecule has 2 heterocycles. The van der Waals surface area contributed by atoms with Crippen molar-refractivity contribution in [2.75, 3.05) is 9.80 Å². The number of hydrogen-bond donors (Lipinski definition) is 0. The Labute approximate surface area is 381 Å². The van der Waals surface area contributed by atoms with E-state index in [0.29, 0.717) is 0 Å². The third-order valence-corrected chi connectivity index (χ3v) is 14.4. The molecule has 9 aromatic rings. The van der Waals surface area contributed by atoms with Crippen molar-refractivity contribution in [1.82, 2.24) is 0 Å². The highest BCUT2D eigenvalue weighted by atomic mass is 15.2. The van der Waals surface area contributed by atoms with Crippen LogP contribution >= 0.6 is 0 Å². The average Bonchev–Trinajstić information content (AvgIpc) is 3.44. The Balaban J connectivity index is 0.870. The molecule has 2 heteroatoms. The zero-order valence-corrected chi connectivity index (χ0v) is 36.6. The van der Waals surface area contributed by atoms with Gasteiger partial charge in [-0.2, -0.15) is 0 Å². The molecule has 0 saturated heterocycles. The maximum atomic E-state index is 2.56. The molecular weight excluding hydrogens is 785 g/mol. The van der Waals surface area contributed by atoms with Crippen LogP contribution in [0.15, 0.2) is 212 Å². The molecule has 0 unspecified atom stereocenters. The fraction of sp³-hybridized carbons (Fsp3) is 0.0794. The van der Waals surface area contributed by atoms with Gasteiger partial charge in [0.05, 0.1) is 22.7 Å². The van der Waals surface area contributed by atoms with Gasteiger partial charge in [-0.1, -0.05) is 196 Å². The third-order valence-electron chi connectivity index (χ3n) is 14.4. The second-order valence-electron chi connectivity index (χ2n) is 18.3. The van der Waals surface area contributed by atoms with Crippen molar-refractivity contribution in [2.24, 2.45) is 0 Å². The second-order valence-corrected chi connectivity index (χ2v) is 18.3. The molecular formula is C63H46N2. The Bertz CT molecular complexity index is 3480. The molecule has 2 nitrogen and oxygen atoms in total. The molecule has 0 saturated carbocycles. The summed E-state index contributed by atoms with van der Waals surface area (Å²) in [7, 11) is 0. The SMILES string of the molecule is CC1(C)c2cc(/C=C/c3cccc4c(N5c6ccccc6-c6ccccc6-c6ccccc65)cccc34)ccc2-c2ccc(N3C4=C(C=CCC4)c4ccccc4-c4ccccc43)cc21. The van der Waals surface area contributed by atoms with Gasteiger partial charge in [0.1, 0.15) is 0 Å². The van der Waals surface area contributed by atoms with E-state index < -0.39 is 0 Å². The molecule has 0 radical (unpaired) electrons. The minimum absolute atomic E-state index is 0.184. The first kappa shape index (κ1) is 37.6. The number of rotatable bonds is 4. The monoisotopic (exact) mass is 830 g/mol. The van der Waals surface area contributed by atoms with E-state index in [9.17, 15) is 0 Å². The number of fused-ring (bicyclic) bond motifs is 13.